The number of rotatable bonds is 8. The maximum atomic E-state index is 12.3. The van der Waals surface area contributed by atoms with Crippen molar-refractivity contribution in [2.24, 2.45) is 0 Å². The van der Waals surface area contributed by atoms with Crippen LogP contribution in [0.1, 0.15) is 24.5 Å². The van der Waals surface area contributed by atoms with Crippen LogP contribution in [0.3, 0.4) is 0 Å². The molecule has 0 saturated carbocycles. The standard InChI is InChI=1S/C20H26N2O2/c1-4-7-16-10-12-18(13-11-16)21-14-20(23)22(2)15-17-8-5-6-9-19(17)24-3/h5-6,8-13,21H,4,7,14-15H2,1-3H3. The molecule has 0 spiro atoms. The molecule has 24 heavy (non-hydrogen) atoms. The highest BCUT2D eigenvalue weighted by molar-refractivity contribution is 5.80. The molecule has 0 aliphatic heterocycles. The maximum Gasteiger partial charge on any atom is 0.241 e. The van der Waals surface area contributed by atoms with Gasteiger partial charge < -0.3 is 15.0 Å². The normalized spacial score (nSPS) is 10.3. The molecule has 4 heteroatoms. The van der Waals surface area contributed by atoms with Crippen LogP contribution in [-0.2, 0) is 17.8 Å². The van der Waals surface area contributed by atoms with Crippen LogP contribution < -0.4 is 10.1 Å². The van der Waals surface area contributed by atoms with Crippen LogP contribution >= 0.6 is 0 Å². The van der Waals surface area contributed by atoms with E-state index in [-0.39, 0.29) is 12.5 Å². The SMILES string of the molecule is CCCc1ccc(NCC(=O)N(C)Cc2ccccc2OC)cc1. The summed E-state index contributed by atoms with van der Waals surface area (Å²) in [4.78, 5) is 14.0. The molecule has 0 aromatic heterocycles. The molecule has 0 unspecified atom stereocenters. The first-order valence-electron chi connectivity index (χ1n) is 8.32. The number of aryl methyl sites for hydroxylation is 1. The van der Waals surface area contributed by atoms with Crippen molar-refractivity contribution in [2.75, 3.05) is 26.0 Å². The molecule has 0 aliphatic carbocycles. The van der Waals surface area contributed by atoms with Crippen molar-refractivity contribution < 1.29 is 9.53 Å². The predicted octanol–water partition coefficient (Wildman–Crippen LogP) is 3.72. The van der Waals surface area contributed by atoms with Gasteiger partial charge in [0.1, 0.15) is 5.75 Å². The van der Waals surface area contributed by atoms with Gasteiger partial charge in [-0.25, -0.2) is 0 Å². The van der Waals surface area contributed by atoms with Crippen LogP contribution in [0.2, 0.25) is 0 Å². The summed E-state index contributed by atoms with van der Waals surface area (Å²) in [7, 11) is 3.45. The second-order valence-electron chi connectivity index (χ2n) is 5.86. The van der Waals surface area contributed by atoms with E-state index >= 15 is 0 Å². The zero-order valence-electron chi connectivity index (χ0n) is 14.7. The van der Waals surface area contributed by atoms with Crippen LogP contribution in [0.5, 0.6) is 5.75 Å². The molecule has 0 aliphatic rings. The van der Waals surface area contributed by atoms with Crippen LogP contribution in [-0.4, -0.2) is 31.5 Å². The molecule has 1 N–H and O–H groups in total. The Kier molecular flexibility index (Phi) is 6.67. The first-order valence-corrected chi connectivity index (χ1v) is 8.32. The predicted molar refractivity (Wildman–Crippen MR) is 98.4 cm³/mol. The molecule has 0 heterocycles. The van der Waals surface area contributed by atoms with Gasteiger partial charge in [0.05, 0.1) is 13.7 Å². The third kappa shape index (κ3) is 5.01. The second kappa shape index (κ2) is 8.96. The van der Waals surface area contributed by atoms with Crippen LogP contribution in [0, 0.1) is 0 Å². The van der Waals surface area contributed by atoms with E-state index in [2.05, 4.69) is 24.4 Å². The van der Waals surface area contributed by atoms with Gasteiger partial charge in [-0.15, -0.1) is 0 Å². The van der Waals surface area contributed by atoms with Crippen molar-refractivity contribution in [3.63, 3.8) is 0 Å². The number of nitrogens with zero attached hydrogens (tertiary/aromatic N) is 1. The number of ether oxygens (including phenoxy) is 1. The monoisotopic (exact) mass is 326 g/mol. The summed E-state index contributed by atoms with van der Waals surface area (Å²) in [5, 5.41) is 3.19. The second-order valence-corrected chi connectivity index (χ2v) is 5.86. The molecule has 0 atom stereocenters. The number of anilines is 1. The maximum absolute atomic E-state index is 12.3. The number of methoxy groups -OCH3 is 1. The molecule has 0 fully saturated rings. The van der Waals surface area contributed by atoms with E-state index in [4.69, 9.17) is 4.74 Å². The van der Waals surface area contributed by atoms with Crippen molar-refractivity contribution in [1.82, 2.24) is 4.90 Å². The Bertz CT molecular complexity index is 653. The number of carbonyl (C=O) groups is 1. The fraction of sp³-hybridized carbons (Fsp3) is 0.350. The molecular formula is C20H26N2O2. The topological polar surface area (TPSA) is 41.6 Å². The molecular weight excluding hydrogens is 300 g/mol. The highest BCUT2D eigenvalue weighted by Crippen LogP contribution is 2.18. The number of hydrogen-bond acceptors (Lipinski definition) is 3. The lowest BCUT2D eigenvalue weighted by atomic mass is 10.1. The van der Waals surface area contributed by atoms with E-state index in [0.29, 0.717) is 6.54 Å². The summed E-state index contributed by atoms with van der Waals surface area (Å²) in [6.45, 7) is 2.97. The average Bonchev–Trinajstić information content (AvgIpc) is 2.61. The minimum Gasteiger partial charge on any atom is -0.496 e. The van der Waals surface area contributed by atoms with Gasteiger partial charge in [0, 0.05) is 24.8 Å². The van der Waals surface area contributed by atoms with Gasteiger partial charge in [-0.2, -0.15) is 0 Å². The summed E-state index contributed by atoms with van der Waals surface area (Å²) in [5.74, 6) is 0.843. The fourth-order valence-corrected chi connectivity index (χ4v) is 2.57. The quantitative estimate of drug-likeness (QED) is 0.804. The highest BCUT2D eigenvalue weighted by Gasteiger charge is 2.11. The molecule has 0 bridgehead atoms. The van der Waals surface area contributed by atoms with Gasteiger partial charge in [0.2, 0.25) is 5.91 Å². The van der Waals surface area contributed by atoms with Crippen molar-refractivity contribution in [3.05, 3.63) is 59.7 Å². The van der Waals surface area contributed by atoms with Crippen LogP contribution in [0.15, 0.2) is 48.5 Å². The summed E-state index contributed by atoms with van der Waals surface area (Å²) in [5.41, 5.74) is 3.29. The first-order chi connectivity index (χ1) is 11.6. The first kappa shape index (κ1) is 17.9. The largest absolute Gasteiger partial charge is 0.496 e. The lowest BCUT2D eigenvalue weighted by Gasteiger charge is -2.19. The smallest absolute Gasteiger partial charge is 0.241 e. The number of hydrogen-bond donors (Lipinski definition) is 1. The van der Waals surface area contributed by atoms with Crippen molar-refractivity contribution >= 4 is 11.6 Å². The number of carbonyl (C=O) groups excluding carboxylic acids is 1. The summed E-state index contributed by atoms with van der Waals surface area (Å²) in [6, 6.07) is 16.0. The summed E-state index contributed by atoms with van der Waals surface area (Å²) >= 11 is 0. The number of amides is 1. The lowest BCUT2D eigenvalue weighted by molar-refractivity contribution is -0.128. The fourth-order valence-electron chi connectivity index (χ4n) is 2.57. The van der Waals surface area contributed by atoms with Crippen LogP contribution in [0.25, 0.3) is 0 Å². The van der Waals surface area contributed by atoms with E-state index < -0.39 is 0 Å². The van der Waals surface area contributed by atoms with E-state index in [1.165, 1.54) is 5.56 Å². The number of nitrogens with one attached hydrogen (secondary N) is 1. The Morgan fingerprint density at radius 1 is 1.12 bits per heavy atom. The van der Waals surface area contributed by atoms with E-state index in [9.17, 15) is 4.79 Å². The van der Waals surface area contributed by atoms with E-state index in [1.54, 1.807) is 19.1 Å². The Morgan fingerprint density at radius 3 is 2.50 bits per heavy atom. The Hall–Kier alpha value is -2.49. The van der Waals surface area contributed by atoms with Gasteiger partial charge >= 0.3 is 0 Å². The van der Waals surface area contributed by atoms with Crippen LogP contribution in [0.4, 0.5) is 5.69 Å². The highest BCUT2D eigenvalue weighted by atomic mass is 16.5. The van der Waals surface area contributed by atoms with E-state index in [0.717, 1.165) is 29.8 Å². The van der Waals surface area contributed by atoms with Crippen molar-refractivity contribution in [2.45, 2.75) is 26.3 Å². The third-order valence-electron chi connectivity index (χ3n) is 3.96. The third-order valence-corrected chi connectivity index (χ3v) is 3.96. The van der Waals surface area contributed by atoms with Crippen molar-refractivity contribution in [3.8, 4) is 5.75 Å². The molecule has 128 valence electrons. The van der Waals surface area contributed by atoms with Gasteiger partial charge in [0.25, 0.3) is 0 Å². The Morgan fingerprint density at radius 2 is 1.83 bits per heavy atom. The summed E-state index contributed by atoms with van der Waals surface area (Å²) in [6.07, 6.45) is 2.22. The average molecular weight is 326 g/mol. The Labute approximate surface area is 144 Å². The van der Waals surface area contributed by atoms with Gasteiger partial charge in [0.15, 0.2) is 0 Å². The van der Waals surface area contributed by atoms with Gasteiger partial charge in [-0.3, -0.25) is 4.79 Å². The molecule has 2 aromatic carbocycles. The van der Waals surface area contributed by atoms with Crippen molar-refractivity contribution in [1.29, 1.82) is 0 Å². The van der Waals surface area contributed by atoms with E-state index in [1.807, 2.05) is 36.4 Å². The number of benzene rings is 2. The Balaban J connectivity index is 1.87. The zero-order valence-corrected chi connectivity index (χ0v) is 14.7. The molecule has 0 radical (unpaired) electrons. The molecule has 4 nitrogen and oxygen atoms in total. The number of likely N-dealkylation sites (N-methyl/N-ethyl adjacent to an activating group) is 1. The van der Waals surface area contributed by atoms with Gasteiger partial charge in [-0.05, 0) is 30.2 Å². The number of para-hydroxylation sites is 1. The minimum absolute atomic E-state index is 0.0403. The zero-order chi connectivity index (χ0) is 17.4. The van der Waals surface area contributed by atoms with Gasteiger partial charge in [-0.1, -0.05) is 43.7 Å². The molecule has 2 aromatic rings. The molecule has 0 saturated heterocycles. The molecule has 1 amide bonds. The minimum atomic E-state index is 0.0403. The molecule has 2 rings (SSSR count). The summed E-state index contributed by atoms with van der Waals surface area (Å²) < 4.78 is 5.33. The lowest BCUT2D eigenvalue weighted by Crippen LogP contribution is -2.31.